The van der Waals surface area contributed by atoms with E-state index in [0.717, 1.165) is 35.7 Å². The second-order valence-corrected chi connectivity index (χ2v) is 6.08. The molecule has 0 aliphatic rings. The van der Waals surface area contributed by atoms with Gasteiger partial charge in [-0.2, -0.15) is 0 Å². The summed E-state index contributed by atoms with van der Waals surface area (Å²) in [5.74, 6) is 0.391. The zero-order chi connectivity index (χ0) is 15.0. The number of hydrogen-bond donors (Lipinski definition) is 1. The van der Waals surface area contributed by atoms with Crippen LogP contribution in [-0.2, 0) is 11.2 Å². The summed E-state index contributed by atoms with van der Waals surface area (Å²) in [7, 11) is 0. The van der Waals surface area contributed by atoms with Crippen LogP contribution in [0.4, 0.5) is 4.39 Å². The van der Waals surface area contributed by atoms with Gasteiger partial charge in [-0.15, -0.1) is 0 Å². The van der Waals surface area contributed by atoms with Crippen molar-refractivity contribution in [1.82, 2.24) is 0 Å². The summed E-state index contributed by atoms with van der Waals surface area (Å²) in [5.41, 5.74) is 6.32. The molecule has 1 rings (SSSR count). The fourth-order valence-electron chi connectivity index (χ4n) is 2.42. The Bertz CT molecular complexity index is 430. The number of Topliss-reactive ketones (excluding diaryl/α,β-unsaturated/α-hetero) is 1. The van der Waals surface area contributed by atoms with E-state index < -0.39 is 0 Å². The van der Waals surface area contributed by atoms with E-state index >= 15 is 0 Å². The first-order chi connectivity index (χ1) is 9.56. The quantitative estimate of drug-likeness (QED) is 0.728. The van der Waals surface area contributed by atoms with Crippen LogP contribution < -0.4 is 5.73 Å². The molecule has 0 fully saturated rings. The molecule has 0 amide bonds. The van der Waals surface area contributed by atoms with E-state index in [-0.39, 0.29) is 11.6 Å². The van der Waals surface area contributed by atoms with Crippen LogP contribution >= 0.6 is 15.9 Å². The average Bonchev–Trinajstić information content (AvgIpc) is 2.41. The minimum Gasteiger partial charge on any atom is -0.330 e. The summed E-state index contributed by atoms with van der Waals surface area (Å²) in [6, 6.07) is 4.45. The predicted molar refractivity (Wildman–Crippen MR) is 84.1 cm³/mol. The van der Waals surface area contributed by atoms with Gasteiger partial charge in [0.05, 0.1) is 0 Å². The van der Waals surface area contributed by atoms with Gasteiger partial charge >= 0.3 is 0 Å². The Kier molecular flexibility index (Phi) is 8.00. The van der Waals surface area contributed by atoms with Crippen molar-refractivity contribution >= 4 is 21.7 Å². The molecule has 2 nitrogen and oxygen atoms in total. The SMILES string of the molecule is CCCC(CCN)CCC(=O)Cc1cc(F)ccc1Br. The highest BCUT2D eigenvalue weighted by Crippen LogP contribution is 2.21. The monoisotopic (exact) mass is 343 g/mol. The van der Waals surface area contributed by atoms with Crippen LogP contribution in [-0.4, -0.2) is 12.3 Å². The Labute approximate surface area is 129 Å². The third kappa shape index (κ3) is 6.14. The van der Waals surface area contributed by atoms with E-state index in [2.05, 4.69) is 22.9 Å². The minimum atomic E-state index is -0.303. The molecule has 20 heavy (non-hydrogen) atoms. The summed E-state index contributed by atoms with van der Waals surface area (Å²) in [6.45, 7) is 2.82. The molecule has 4 heteroatoms. The lowest BCUT2D eigenvalue weighted by atomic mass is 9.92. The first-order valence-electron chi connectivity index (χ1n) is 7.22. The highest BCUT2D eigenvalue weighted by Gasteiger charge is 2.12. The molecule has 0 heterocycles. The van der Waals surface area contributed by atoms with Crippen LogP contribution in [0.25, 0.3) is 0 Å². The fraction of sp³-hybridized carbons (Fsp3) is 0.562. The van der Waals surface area contributed by atoms with Crippen molar-refractivity contribution in [3.63, 3.8) is 0 Å². The summed E-state index contributed by atoms with van der Waals surface area (Å²) < 4.78 is 14.0. The third-order valence-corrected chi connectivity index (χ3v) is 4.27. The van der Waals surface area contributed by atoms with Gasteiger partial charge in [0.15, 0.2) is 0 Å². The van der Waals surface area contributed by atoms with Crippen LogP contribution in [0.2, 0.25) is 0 Å². The number of nitrogens with two attached hydrogens (primary N) is 1. The second kappa shape index (κ2) is 9.24. The Hall–Kier alpha value is -0.740. The van der Waals surface area contributed by atoms with Gasteiger partial charge in [-0.05, 0) is 49.1 Å². The van der Waals surface area contributed by atoms with E-state index in [1.807, 2.05) is 0 Å². The second-order valence-electron chi connectivity index (χ2n) is 5.22. The molecule has 1 unspecified atom stereocenters. The first kappa shape index (κ1) is 17.3. The van der Waals surface area contributed by atoms with Gasteiger partial charge in [0.1, 0.15) is 11.6 Å². The van der Waals surface area contributed by atoms with Crippen molar-refractivity contribution in [2.75, 3.05) is 6.54 Å². The summed E-state index contributed by atoms with van der Waals surface area (Å²) in [6.07, 6.45) is 4.94. The van der Waals surface area contributed by atoms with Crippen LogP contribution in [0.5, 0.6) is 0 Å². The minimum absolute atomic E-state index is 0.162. The Morgan fingerprint density at radius 2 is 2.10 bits per heavy atom. The lowest BCUT2D eigenvalue weighted by molar-refractivity contribution is -0.118. The average molecular weight is 344 g/mol. The highest BCUT2D eigenvalue weighted by molar-refractivity contribution is 9.10. The van der Waals surface area contributed by atoms with E-state index in [0.29, 0.717) is 25.3 Å². The van der Waals surface area contributed by atoms with Gasteiger partial charge in [0.2, 0.25) is 0 Å². The molecule has 0 aliphatic carbocycles. The normalized spacial score (nSPS) is 12.4. The van der Waals surface area contributed by atoms with Crippen molar-refractivity contribution in [2.24, 2.45) is 11.7 Å². The van der Waals surface area contributed by atoms with Crippen molar-refractivity contribution in [3.8, 4) is 0 Å². The third-order valence-electron chi connectivity index (χ3n) is 3.50. The number of halogens is 2. The van der Waals surface area contributed by atoms with E-state index in [1.54, 1.807) is 6.07 Å². The number of ketones is 1. The van der Waals surface area contributed by atoms with Crippen molar-refractivity contribution in [2.45, 2.75) is 45.4 Å². The maximum absolute atomic E-state index is 13.2. The first-order valence-corrected chi connectivity index (χ1v) is 8.01. The van der Waals surface area contributed by atoms with Crippen molar-refractivity contribution in [1.29, 1.82) is 0 Å². The molecular weight excluding hydrogens is 321 g/mol. The molecule has 1 aromatic rings. The fourth-order valence-corrected chi connectivity index (χ4v) is 2.81. The molecule has 0 saturated heterocycles. The zero-order valence-electron chi connectivity index (χ0n) is 12.0. The number of carbonyl (C=O) groups is 1. The number of benzene rings is 1. The van der Waals surface area contributed by atoms with E-state index in [4.69, 9.17) is 5.73 Å². The van der Waals surface area contributed by atoms with Crippen LogP contribution in [0.1, 0.15) is 44.6 Å². The van der Waals surface area contributed by atoms with Gasteiger partial charge in [-0.25, -0.2) is 4.39 Å². The lowest BCUT2D eigenvalue weighted by Crippen LogP contribution is -2.12. The van der Waals surface area contributed by atoms with Gasteiger partial charge in [-0.1, -0.05) is 35.7 Å². The van der Waals surface area contributed by atoms with Crippen molar-refractivity contribution in [3.05, 3.63) is 34.1 Å². The lowest BCUT2D eigenvalue weighted by Gasteiger charge is -2.14. The van der Waals surface area contributed by atoms with Crippen LogP contribution in [0.15, 0.2) is 22.7 Å². The van der Waals surface area contributed by atoms with Gasteiger partial charge in [0, 0.05) is 17.3 Å². The molecular formula is C16H23BrFNO. The Morgan fingerprint density at radius 1 is 1.35 bits per heavy atom. The largest absolute Gasteiger partial charge is 0.330 e. The topological polar surface area (TPSA) is 43.1 Å². The van der Waals surface area contributed by atoms with E-state index in [1.165, 1.54) is 12.1 Å². The molecule has 2 N–H and O–H groups in total. The molecule has 0 spiro atoms. The molecule has 1 atom stereocenters. The Balaban J connectivity index is 2.48. The van der Waals surface area contributed by atoms with Crippen molar-refractivity contribution < 1.29 is 9.18 Å². The molecule has 0 bridgehead atoms. The summed E-state index contributed by atoms with van der Waals surface area (Å²) in [5, 5.41) is 0. The molecule has 1 aromatic carbocycles. The zero-order valence-corrected chi connectivity index (χ0v) is 13.6. The number of hydrogen-bond acceptors (Lipinski definition) is 2. The molecule has 0 aromatic heterocycles. The smallest absolute Gasteiger partial charge is 0.137 e. The maximum atomic E-state index is 13.2. The number of carbonyl (C=O) groups excluding carboxylic acids is 1. The predicted octanol–water partition coefficient (Wildman–Crippen LogP) is 4.25. The maximum Gasteiger partial charge on any atom is 0.137 e. The van der Waals surface area contributed by atoms with E-state index in [9.17, 15) is 9.18 Å². The highest BCUT2D eigenvalue weighted by atomic mass is 79.9. The van der Waals surface area contributed by atoms with Crippen LogP contribution in [0.3, 0.4) is 0 Å². The van der Waals surface area contributed by atoms with Gasteiger partial charge in [-0.3, -0.25) is 4.79 Å². The molecule has 0 saturated carbocycles. The molecule has 0 radical (unpaired) electrons. The summed E-state index contributed by atoms with van der Waals surface area (Å²) in [4.78, 5) is 12.0. The van der Waals surface area contributed by atoms with Crippen LogP contribution in [0, 0.1) is 11.7 Å². The molecule has 112 valence electrons. The van der Waals surface area contributed by atoms with Gasteiger partial charge in [0.25, 0.3) is 0 Å². The standard InChI is InChI=1S/C16H23BrFNO/c1-2-3-12(8-9-19)4-6-15(20)11-13-10-14(18)5-7-16(13)17/h5,7,10,12H,2-4,6,8-9,11,19H2,1H3. The van der Waals surface area contributed by atoms with Gasteiger partial charge < -0.3 is 5.73 Å². The summed E-state index contributed by atoms with van der Waals surface area (Å²) >= 11 is 3.35. The number of rotatable bonds is 9. The Morgan fingerprint density at radius 3 is 2.75 bits per heavy atom. The molecule has 0 aliphatic heterocycles.